The molecule has 1 unspecified atom stereocenters. The van der Waals surface area contributed by atoms with Gasteiger partial charge in [0.1, 0.15) is 11.6 Å². The van der Waals surface area contributed by atoms with Crippen LogP contribution in [0.3, 0.4) is 0 Å². The molecule has 1 atom stereocenters. The predicted octanol–water partition coefficient (Wildman–Crippen LogP) is 3.40. The summed E-state index contributed by atoms with van der Waals surface area (Å²) in [7, 11) is 3.38. The minimum atomic E-state index is -0.232. The lowest BCUT2D eigenvalue weighted by atomic mass is 10.00. The van der Waals surface area contributed by atoms with Crippen molar-refractivity contribution in [3.05, 3.63) is 52.0 Å². The highest BCUT2D eigenvalue weighted by molar-refractivity contribution is 7.07. The minimum Gasteiger partial charge on any atom is -0.497 e. The topological polar surface area (TPSA) is 21.3 Å². The average Bonchev–Trinajstić information content (AvgIpc) is 2.89. The first-order chi connectivity index (χ1) is 8.74. The molecule has 0 bridgehead atoms. The van der Waals surface area contributed by atoms with E-state index in [1.165, 1.54) is 18.7 Å². The number of halogens is 1. The number of hydrogen-bond acceptors (Lipinski definition) is 3. The number of methoxy groups -OCH3 is 1. The van der Waals surface area contributed by atoms with Crippen LogP contribution in [0.4, 0.5) is 4.39 Å². The van der Waals surface area contributed by atoms with E-state index in [1.54, 1.807) is 23.5 Å². The molecule has 0 saturated heterocycles. The summed E-state index contributed by atoms with van der Waals surface area (Å²) in [4.78, 5) is 0. The van der Waals surface area contributed by atoms with Crippen LogP contribution in [0, 0.1) is 5.82 Å². The van der Waals surface area contributed by atoms with Crippen molar-refractivity contribution >= 4 is 11.3 Å². The van der Waals surface area contributed by atoms with Crippen LogP contribution in [0.25, 0.3) is 0 Å². The Morgan fingerprint density at radius 1 is 1.39 bits per heavy atom. The summed E-state index contributed by atoms with van der Waals surface area (Å²) in [6.45, 7) is 0. The largest absolute Gasteiger partial charge is 0.497 e. The molecular weight excluding hydrogens is 249 g/mol. The van der Waals surface area contributed by atoms with Gasteiger partial charge in [-0.05, 0) is 41.9 Å². The fourth-order valence-electron chi connectivity index (χ4n) is 1.93. The summed E-state index contributed by atoms with van der Waals surface area (Å²) in [5, 5.41) is 7.28. The first-order valence-corrected chi connectivity index (χ1v) is 6.70. The zero-order chi connectivity index (χ0) is 13.0. The third-order valence-corrected chi connectivity index (χ3v) is 3.68. The molecule has 0 saturated carbocycles. The molecule has 0 fully saturated rings. The van der Waals surface area contributed by atoms with Crippen molar-refractivity contribution in [3.63, 3.8) is 0 Å². The van der Waals surface area contributed by atoms with E-state index in [9.17, 15) is 4.39 Å². The molecular formula is C14H16FNOS. The number of benzene rings is 1. The van der Waals surface area contributed by atoms with Crippen LogP contribution in [0.1, 0.15) is 17.2 Å². The van der Waals surface area contributed by atoms with E-state index in [1.807, 2.05) is 12.4 Å². The summed E-state index contributed by atoms with van der Waals surface area (Å²) in [5.74, 6) is 0.311. The van der Waals surface area contributed by atoms with Crippen LogP contribution in [0.2, 0.25) is 0 Å². The summed E-state index contributed by atoms with van der Waals surface area (Å²) in [6, 6.07) is 7.03. The van der Waals surface area contributed by atoms with Crippen molar-refractivity contribution in [2.24, 2.45) is 0 Å². The second-order valence-electron chi connectivity index (χ2n) is 4.06. The van der Waals surface area contributed by atoms with Gasteiger partial charge in [-0.15, -0.1) is 0 Å². The van der Waals surface area contributed by atoms with E-state index in [4.69, 9.17) is 4.74 Å². The molecule has 0 aliphatic carbocycles. The maximum absolute atomic E-state index is 14.0. The lowest BCUT2D eigenvalue weighted by molar-refractivity contribution is 0.409. The molecule has 18 heavy (non-hydrogen) atoms. The molecule has 2 rings (SSSR count). The highest BCUT2D eigenvalue weighted by atomic mass is 32.1. The Kier molecular flexibility index (Phi) is 4.33. The number of nitrogens with one attached hydrogen (secondary N) is 1. The van der Waals surface area contributed by atoms with Gasteiger partial charge in [0.2, 0.25) is 0 Å². The molecule has 2 aromatic rings. The highest BCUT2D eigenvalue weighted by Crippen LogP contribution is 2.25. The Bertz CT molecular complexity index is 499. The molecule has 1 aromatic carbocycles. The van der Waals surface area contributed by atoms with Gasteiger partial charge in [-0.2, -0.15) is 11.3 Å². The van der Waals surface area contributed by atoms with Crippen LogP contribution < -0.4 is 10.1 Å². The van der Waals surface area contributed by atoms with Crippen molar-refractivity contribution in [1.29, 1.82) is 0 Å². The van der Waals surface area contributed by atoms with Gasteiger partial charge in [0.15, 0.2) is 0 Å². The van der Waals surface area contributed by atoms with Crippen molar-refractivity contribution < 1.29 is 9.13 Å². The SMILES string of the molecule is CNC(Cc1ccsc1)c1ccc(OC)cc1F. The fourth-order valence-corrected chi connectivity index (χ4v) is 2.61. The van der Waals surface area contributed by atoms with E-state index in [2.05, 4.69) is 16.8 Å². The second-order valence-corrected chi connectivity index (χ2v) is 4.84. The van der Waals surface area contributed by atoms with E-state index < -0.39 is 0 Å². The molecule has 4 heteroatoms. The lowest BCUT2D eigenvalue weighted by Crippen LogP contribution is -2.19. The normalized spacial score (nSPS) is 12.4. The molecule has 0 amide bonds. The number of thiophene rings is 1. The third-order valence-electron chi connectivity index (χ3n) is 2.95. The van der Waals surface area contributed by atoms with Gasteiger partial charge >= 0.3 is 0 Å². The number of hydrogen-bond donors (Lipinski definition) is 1. The molecule has 2 nitrogen and oxygen atoms in total. The predicted molar refractivity (Wildman–Crippen MR) is 72.8 cm³/mol. The quantitative estimate of drug-likeness (QED) is 0.894. The Morgan fingerprint density at radius 3 is 2.78 bits per heavy atom. The summed E-state index contributed by atoms with van der Waals surface area (Å²) >= 11 is 1.66. The first kappa shape index (κ1) is 13.1. The van der Waals surface area contributed by atoms with Crippen molar-refractivity contribution in [2.75, 3.05) is 14.2 Å². The molecule has 1 aromatic heterocycles. The zero-order valence-corrected chi connectivity index (χ0v) is 11.3. The van der Waals surface area contributed by atoms with Gasteiger partial charge in [0.05, 0.1) is 7.11 Å². The van der Waals surface area contributed by atoms with Crippen LogP contribution in [0.15, 0.2) is 35.0 Å². The van der Waals surface area contributed by atoms with E-state index in [-0.39, 0.29) is 11.9 Å². The fraction of sp³-hybridized carbons (Fsp3) is 0.286. The highest BCUT2D eigenvalue weighted by Gasteiger charge is 2.15. The molecule has 1 heterocycles. The van der Waals surface area contributed by atoms with Gasteiger partial charge in [0.25, 0.3) is 0 Å². The van der Waals surface area contributed by atoms with Crippen LogP contribution >= 0.6 is 11.3 Å². The molecule has 0 aliphatic heterocycles. The van der Waals surface area contributed by atoms with Gasteiger partial charge in [-0.1, -0.05) is 6.07 Å². The zero-order valence-electron chi connectivity index (χ0n) is 10.4. The van der Waals surface area contributed by atoms with Crippen LogP contribution in [0.5, 0.6) is 5.75 Å². The summed E-state index contributed by atoms with van der Waals surface area (Å²) in [6.07, 6.45) is 0.781. The average molecular weight is 265 g/mol. The summed E-state index contributed by atoms with van der Waals surface area (Å²) in [5.41, 5.74) is 1.89. The van der Waals surface area contributed by atoms with Gasteiger partial charge in [-0.25, -0.2) is 4.39 Å². The van der Waals surface area contributed by atoms with Gasteiger partial charge in [-0.3, -0.25) is 0 Å². The van der Waals surface area contributed by atoms with Crippen molar-refractivity contribution in [3.8, 4) is 5.75 Å². The van der Waals surface area contributed by atoms with Gasteiger partial charge < -0.3 is 10.1 Å². The molecule has 1 N–H and O–H groups in total. The lowest BCUT2D eigenvalue weighted by Gasteiger charge is -2.17. The van der Waals surface area contributed by atoms with E-state index in [0.717, 1.165) is 6.42 Å². The van der Waals surface area contributed by atoms with E-state index >= 15 is 0 Å². The Balaban J connectivity index is 2.22. The molecule has 0 radical (unpaired) electrons. The molecule has 0 aliphatic rings. The Hall–Kier alpha value is -1.39. The standard InChI is InChI=1S/C14H16FNOS/c1-16-14(7-10-5-6-18-9-10)12-4-3-11(17-2)8-13(12)15/h3-6,8-9,14,16H,7H2,1-2H3. The summed E-state index contributed by atoms with van der Waals surface area (Å²) < 4.78 is 19.0. The number of rotatable bonds is 5. The smallest absolute Gasteiger partial charge is 0.131 e. The van der Waals surface area contributed by atoms with Crippen LogP contribution in [-0.4, -0.2) is 14.2 Å². The monoisotopic (exact) mass is 265 g/mol. The third kappa shape index (κ3) is 2.89. The van der Waals surface area contributed by atoms with Gasteiger partial charge in [0, 0.05) is 17.7 Å². The molecule has 0 spiro atoms. The van der Waals surface area contributed by atoms with Crippen LogP contribution in [-0.2, 0) is 6.42 Å². The maximum Gasteiger partial charge on any atom is 0.131 e. The Morgan fingerprint density at radius 2 is 2.22 bits per heavy atom. The minimum absolute atomic E-state index is 0.0227. The number of ether oxygens (including phenoxy) is 1. The van der Waals surface area contributed by atoms with E-state index in [0.29, 0.717) is 11.3 Å². The van der Waals surface area contributed by atoms with Crippen molar-refractivity contribution in [1.82, 2.24) is 5.32 Å². The first-order valence-electron chi connectivity index (χ1n) is 5.76. The maximum atomic E-state index is 14.0. The second kappa shape index (κ2) is 5.98. The molecule has 96 valence electrons. The number of likely N-dealkylation sites (N-methyl/N-ethyl adjacent to an activating group) is 1. The van der Waals surface area contributed by atoms with Crippen molar-refractivity contribution in [2.45, 2.75) is 12.5 Å². The Labute approximate surface area is 110 Å².